The monoisotopic (exact) mass is 398 g/mol. The van der Waals surface area contributed by atoms with Gasteiger partial charge in [-0.05, 0) is 43.4 Å². The van der Waals surface area contributed by atoms with E-state index in [-0.39, 0.29) is 23.3 Å². The lowest BCUT2D eigenvalue weighted by atomic mass is 10.1. The Hall–Kier alpha value is -2.54. The number of hydrogen-bond acceptors (Lipinski definition) is 3. The number of likely N-dealkylation sites (N-methyl/N-ethyl adjacent to an activating group) is 1. The Bertz CT molecular complexity index is 1040. The van der Waals surface area contributed by atoms with Crippen LogP contribution in [0.5, 0.6) is 0 Å². The first-order chi connectivity index (χ1) is 13.4. The van der Waals surface area contributed by atoms with Crippen molar-refractivity contribution in [3.05, 3.63) is 90.2 Å². The van der Waals surface area contributed by atoms with Crippen LogP contribution in [0.4, 0.5) is 4.39 Å². The van der Waals surface area contributed by atoms with Gasteiger partial charge in [-0.25, -0.2) is 17.5 Å². The van der Waals surface area contributed by atoms with Gasteiger partial charge < -0.3 is 4.90 Å². The molecule has 1 atom stereocenters. The number of hydrogen-bond donors (Lipinski definition) is 1. The van der Waals surface area contributed by atoms with Gasteiger partial charge in [-0.1, -0.05) is 60.7 Å². The summed E-state index contributed by atoms with van der Waals surface area (Å²) < 4.78 is 42.4. The van der Waals surface area contributed by atoms with Gasteiger partial charge in [0.1, 0.15) is 5.82 Å². The van der Waals surface area contributed by atoms with Crippen molar-refractivity contribution >= 4 is 10.0 Å². The molecule has 0 spiro atoms. The highest BCUT2D eigenvalue weighted by atomic mass is 32.2. The number of nitrogens with zero attached hydrogens (tertiary/aromatic N) is 1. The van der Waals surface area contributed by atoms with Crippen LogP contribution in [-0.2, 0) is 10.0 Å². The minimum atomic E-state index is -3.76. The zero-order valence-electron chi connectivity index (χ0n) is 15.8. The molecule has 1 N–H and O–H groups in total. The van der Waals surface area contributed by atoms with Crippen LogP contribution in [0, 0.1) is 5.82 Å². The van der Waals surface area contributed by atoms with E-state index in [1.54, 1.807) is 30.3 Å². The summed E-state index contributed by atoms with van der Waals surface area (Å²) in [6.45, 7) is 0.127. The largest absolute Gasteiger partial charge is 0.301 e. The normalized spacial score (nSPS) is 12.9. The molecular formula is C22H23FN2O2S. The van der Waals surface area contributed by atoms with E-state index >= 15 is 0 Å². The summed E-state index contributed by atoms with van der Waals surface area (Å²) in [5, 5.41) is 0. The minimum Gasteiger partial charge on any atom is -0.301 e. The van der Waals surface area contributed by atoms with Gasteiger partial charge in [-0.2, -0.15) is 0 Å². The van der Waals surface area contributed by atoms with Gasteiger partial charge in [0.25, 0.3) is 0 Å². The van der Waals surface area contributed by atoms with Gasteiger partial charge in [-0.3, -0.25) is 0 Å². The van der Waals surface area contributed by atoms with E-state index < -0.39 is 10.0 Å². The summed E-state index contributed by atoms with van der Waals surface area (Å²) in [4.78, 5) is 2.08. The molecule has 6 heteroatoms. The highest BCUT2D eigenvalue weighted by Crippen LogP contribution is 2.27. The molecule has 146 valence electrons. The highest BCUT2D eigenvalue weighted by Gasteiger charge is 2.22. The Morgan fingerprint density at radius 2 is 1.61 bits per heavy atom. The summed E-state index contributed by atoms with van der Waals surface area (Å²) in [5.74, 6) is -0.346. The van der Waals surface area contributed by atoms with Gasteiger partial charge in [-0.15, -0.1) is 0 Å². The molecule has 0 unspecified atom stereocenters. The summed E-state index contributed by atoms with van der Waals surface area (Å²) in [6.07, 6.45) is 0. The standard InChI is InChI=1S/C22H23FN2O2S/c1-25(2)21(18-11-8-12-19(23)15-18)16-24-28(26,27)22-14-7-6-13-20(22)17-9-4-3-5-10-17/h3-15,21,24H,16H2,1-2H3/t21-/m1/s1. The fraction of sp³-hybridized carbons (Fsp3) is 0.182. The van der Waals surface area contributed by atoms with Crippen LogP contribution < -0.4 is 4.72 Å². The first-order valence-electron chi connectivity index (χ1n) is 8.94. The van der Waals surface area contributed by atoms with E-state index in [4.69, 9.17) is 0 Å². The molecular weight excluding hydrogens is 375 g/mol. The predicted molar refractivity (Wildman–Crippen MR) is 110 cm³/mol. The third kappa shape index (κ3) is 4.65. The maximum atomic E-state index is 13.6. The molecule has 0 saturated carbocycles. The van der Waals surface area contributed by atoms with E-state index in [1.807, 2.05) is 55.4 Å². The molecule has 3 aromatic carbocycles. The molecule has 0 aliphatic rings. The van der Waals surface area contributed by atoms with Crippen molar-refractivity contribution in [2.75, 3.05) is 20.6 Å². The number of sulfonamides is 1. The maximum absolute atomic E-state index is 13.6. The second-order valence-electron chi connectivity index (χ2n) is 6.75. The zero-order valence-corrected chi connectivity index (χ0v) is 16.7. The average molecular weight is 399 g/mol. The molecule has 3 aromatic rings. The van der Waals surface area contributed by atoms with Crippen LogP contribution in [0.15, 0.2) is 83.8 Å². The Morgan fingerprint density at radius 3 is 2.29 bits per heavy atom. The smallest absolute Gasteiger partial charge is 0.241 e. The van der Waals surface area contributed by atoms with E-state index in [0.29, 0.717) is 11.1 Å². The second-order valence-corrected chi connectivity index (χ2v) is 8.48. The Morgan fingerprint density at radius 1 is 0.929 bits per heavy atom. The van der Waals surface area contributed by atoms with Gasteiger partial charge in [0.15, 0.2) is 0 Å². The molecule has 0 heterocycles. The molecule has 0 aliphatic carbocycles. The summed E-state index contributed by atoms with van der Waals surface area (Å²) in [6, 6.07) is 22.2. The van der Waals surface area contributed by atoms with Crippen molar-refractivity contribution in [1.29, 1.82) is 0 Å². The molecule has 0 aliphatic heterocycles. The van der Waals surface area contributed by atoms with Crippen LogP contribution in [0.1, 0.15) is 11.6 Å². The summed E-state index contributed by atoms with van der Waals surface area (Å²) >= 11 is 0. The topological polar surface area (TPSA) is 49.4 Å². The SMILES string of the molecule is CN(C)[C@H](CNS(=O)(=O)c1ccccc1-c1ccccc1)c1cccc(F)c1. The highest BCUT2D eigenvalue weighted by molar-refractivity contribution is 7.89. The first-order valence-corrected chi connectivity index (χ1v) is 10.4. The zero-order chi connectivity index (χ0) is 20.1. The van der Waals surface area contributed by atoms with Crippen LogP contribution in [0.2, 0.25) is 0 Å². The Kier molecular flexibility index (Phi) is 6.24. The minimum absolute atomic E-state index is 0.127. The summed E-state index contributed by atoms with van der Waals surface area (Å²) in [5.41, 5.74) is 2.18. The Labute approximate surface area is 165 Å². The van der Waals surface area contributed by atoms with Crippen LogP contribution in [0.3, 0.4) is 0 Å². The quantitative estimate of drug-likeness (QED) is 0.653. The Balaban J connectivity index is 1.88. The van der Waals surface area contributed by atoms with Crippen LogP contribution in [-0.4, -0.2) is 34.0 Å². The molecule has 0 aromatic heterocycles. The number of halogens is 1. The second kappa shape index (κ2) is 8.65. The van der Waals surface area contributed by atoms with Crippen molar-refractivity contribution in [1.82, 2.24) is 9.62 Å². The third-order valence-corrected chi connectivity index (χ3v) is 6.07. The van der Waals surface area contributed by atoms with E-state index in [0.717, 1.165) is 5.56 Å². The lowest BCUT2D eigenvalue weighted by molar-refractivity contribution is 0.299. The van der Waals surface area contributed by atoms with Gasteiger partial charge in [0.2, 0.25) is 10.0 Å². The maximum Gasteiger partial charge on any atom is 0.241 e. The molecule has 0 radical (unpaired) electrons. The molecule has 4 nitrogen and oxygen atoms in total. The third-order valence-electron chi connectivity index (χ3n) is 4.58. The fourth-order valence-corrected chi connectivity index (χ4v) is 4.40. The summed E-state index contributed by atoms with van der Waals surface area (Å²) in [7, 11) is -0.0860. The van der Waals surface area contributed by atoms with Gasteiger partial charge in [0, 0.05) is 18.2 Å². The molecule has 0 fully saturated rings. The van der Waals surface area contributed by atoms with E-state index in [2.05, 4.69) is 4.72 Å². The van der Waals surface area contributed by atoms with E-state index in [1.165, 1.54) is 12.1 Å². The van der Waals surface area contributed by atoms with Gasteiger partial charge >= 0.3 is 0 Å². The lowest BCUT2D eigenvalue weighted by Crippen LogP contribution is -2.34. The van der Waals surface area contributed by atoms with Crippen LogP contribution in [0.25, 0.3) is 11.1 Å². The van der Waals surface area contributed by atoms with Gasteiger partial charge in [0.05, 0.1) is 4.90 Å². The number of rotatable bonds is 7. The predicted octanol–water partition coefficient (Wildman–Crippen LogP) is 4.07. The lowest BCUT2D eigenvalue weighted by Gasteiger charge is -2.25. The molecule has 28 heavy (non-hydrogen) atoms. The van der Waals surface area contributed by atoms with Crippen LogP contribution >= 0.6 is 0 Å². The molecule has 0 saturated heterocycles. The molecule has 3 rings (SSSR count). The number of benzene rings is 3. The van der Waals surface area contributed by atoms with Crippen molar-refractivity contribution in [3.63, 3.8) is 0 Å². The molecule has 0 bridgehead atoms. The first kappa shape index (κ1) is 20.2. The number of nitrogens with one attached hydrogen (secondary N) is 1. The van der Waals surface area contributed by atoms with Crippen molar-refractivity contribution in [2.45, 2.75) is 10.9 Å². The molecule has 0 amide bonds. The fourth-order valence-electron chi connectivity index (χ4n) is 3.14. The van der Waals surface area contributed by atoms with Crippen molar-refractivity contribution in [3.8, 4) is 11.1 Å². The van der Waals surface area contributed by atoms with Crippen molar-refractivity contribution in [2.24, 2.45) is 0 Å². The van der Waals surface area contributed by atoms with E-state index in [9.17, 15) is 12.8 Å². The average Bonchev–Trinajstić information content (AvgIpc) is 2.68. The van der Waals surface area contributed by atoms with Crippen molar-refractivity contribution < 1.29 is 12.8 Å².